The first-order valence-electron chi connectivity index (χ1n) is 5.44. The maximum absolute atomic E-state index is 11.9. The molecule has 0 unspecified atom stereocenters. The number of carbonyl (C=O) groups excluding carboxylic acids is 1. The number of nitrogens with zero attached hydrogens (tertiary/aromatic N) is 2. The zero-order chi connectivity index (χ0) is 13.1. The number of halogens is 1. The first-order valence-corrected chi connectivity index (χ1v) is 6.85. The molecule has 0 aliphatic rings. The lowest BCUT2D eigenvalue weighted by Crippen LogP contribution is -2.21. The van der Waals surface area contributed by atoms with Crippen LogP contribution in [0.1, 0.15) is 16.1 Å². The van der Waals surface area contributed by atoms with Crippen molar-refractivity contribution in [1.29, 1.82) is 0 Å². The predicted octanol–water partition coefficient (Wildman–Crippen LogP) is 3.25. The van der Waals surface area contributed by atoms with E-state index in [0.717, 1.165) is 16.3 Å². The molecule has 3 nitrogen and oxygen atoms in total. The molecule has 1 aromatic heterocycles. The predicted molar refractivity (Wildman–Crippen MR) is 75.1 cm³/mol. The van der Waals surface area contributed by atoms with Crippen molar-refractivity contribution in [3.63, 3.8) is 0 Å². The molecule has 18 heavy (non-hydrogen) atoms. The molecule has 0 N–H and O–H groups in total. The van der Waals surface area contributed by atoms with Crippen LogP contribution in [-0.2, 0) is 5.88 Å². The zero-order valence-electron chi connectivity index (χ0n) is 10.2. The van der Waals surface area contributed by atoms with Crippen LogP contribution in [0.2, 0.25) is 0 Å². The number of hydrogen-bond acceptors (Lipinski definition) is 3. The van der Waals surface area contributed by atoms with Gasteiger partial charge in [0.1, 0.15) is 5.01 Å². The minimum atomic E-state index is -0.00836. The molecular weight excluding hydrogens is 268 g/mol. The van der Waals surface area contributed by atoms with E-state index < -0.39 is 0 Å². The topological polar surface area (TPSA) is 33.2 Å². The highest BCUT2D eigenvalue weighted by atomic mass is 35.5. The third kappa shape index (κ3) is 2.71. The number of rotatable bonds is 3. The molecule has 1 heterocycles. The summed E-state index contributed by atoms with van der Waals surface area (Å²) in [4.78, 5) is 17.8. The molecule has 0 bridgehead atoms. The largest absolute Gasteiger partial charge is 0.345 e. The highest BCUT2D eigenvalue weighted by Crippen LogP contribution is 2.25. The van der Waals surface area contributed by atoms with Crippen molar-refractivity contribution in [2.45, 2.75) is 5.88 Å². The van der Waals surface area contributed by atoms with Gasteiger partial charge >= 0.3 is 0 Å². The van der Waals surface area contributed by atoms with Gasteiger partial charge in [0, 0.05) is 30.6 Å². The first kappa shape index (κ1) is 13.1. The van der Waals surface area contributed by atoms with Crippen LogP contribution < -0.4 is 0 Å². The summed E-state index contributed by atoms with van der Waals surface area (Å²) in [5.74, 6) is 0.401. The molecule has 0 saturated heterocycles. The summed E-state index contributed by atoms with van der Waals surface area (Å²) >= 11 is 7.27. The lowest BCUT2D eigenvalue weighted by Gasteiger charge is -2.10. The van der Waals surface area contributed by atoms with Crippen LogP contribution in [0.4, 0.5) is 0 Å². The normalized spacial score (nSPS) is 10.4. The summed E-state index contributed by atoms with van der Waals surface area (Å²) in [6.07, 6.45) is 0. The third-order valence-electron chi connectivity index (χ3n) is 2.45. The van der Waals surface area contributed by atoms with Gasteiger partial charge in [-0.25, -0.2) is 4.98 Å². The Morgan fingerprint density at radius 2 is 2.22 bits per heavy atom. The summed E-state index contributed by atoms with van der Waals surface area (Å²) in [5, 5.41) is 2.82. The van der Waals surface area contributed by atoms with Gasteiger partial charge in [-0.3, -0.25) is 4.79 Å². The number of carbonyl (C=O) groups is 1. The van der Waals surface area contributed by atoms with E-state index in [9.17, 15) is 4.79 Å². The monoisotopic (exact) mass is 280 g/mol. The molecule has 0 spiro atoms. The number of thiazole rings is 1. The van der Waals surface area contributed by atoms with E-state index in [0.29, 0.717) is 11.4 Å². The molecule has 0 atom stereocenters. The van der Waals surface area contributed by atoms with Gasteiger partial charge in [0.15, 0.2) is 0 Å². The van der Waals surface area contributed by atoms with Gasteiger partial charge in [0.2, 0.25) is 0 Å². The van der Waals surface area contributed by atoms with Gasteiger partial charge in [-0.1, -0.05) is 12.1 Å². The number of amides is 1. The maximum Gasteiger partial charge on any atom is 0.253 e. The van der Waals surface area contributed by atoms with Crippen molar-refractivity contribution in [3.8, 4) is 10.6 Å². The van der Waals surface area contributed by atoms with E-state index in [1.54, 1.807) is 19.0 Å². The zero-order valence-corrected chi connectivity index (χ0v) is 11.8. The molecule has 0 aliphatic heterocycles. The third-order valence-corrected chi connectivity index (χ3v) is 3.67. The highest BCUT2D eigenvalue weighted by molar-refractivity contribution is 7.13. The van der Waals surface area contributed by atoms with Crippen molar-refractivity contribution in [2.24, 2.45) is 0 Å². The highest BCUT2D eigenvalue weighted by Gasteiger charge is 2.10. The molecular formula is C13H13ClN2OS. The molecule has 0 radical (unpaired) electrons. The van der Waals surface area contributed by atoms with Crippen molar-refractivity contribution in [3.05, 3.63) is 40.9 Å². The molecule has 5 heteroatoms. The van der Waals surface area contributed by atoms with Crippen LogP contribution in [0.3, 0.4) is 0 Å². The number of hydrogen-bond donors (Lipinski definition) is 0. The van der Waals surface area contributed by atoms with Crippen LogP contribution in [-0.4, -0.2) is 29.9 Å². The number of alkyl halides is 1. The average molecular weight is 281 g/mol. The summed E-state index contributed by atoms with van der Waals surface area (Å²) < 4.78 is 0. The standard InChI is InChI=1S/C13H13ClN2OS/c1-16(2)13(17)10-5-3-4-9(6-10)12-15-11(7-14)8-18-12/h3-6,8H,7H2,1-2H3. The molecule has 2 aromatic rings. The van der Waals surface area contributed by atoms with Gasteiger partial charge in [-0.05, 0) is 12.1 Å². The van der Waals surface area contributed by atoms with E-state index in [4.69, 9.17) is 11.6 Å². The minimum Gasteiger partial charge on any atom is -0.345 e. The fraction of sp³-hybridized carbons (Fsp3) is 0.231. The van der Waals surface area contributed by atoms with Crippen LogP contribution >= 0.6 is 22.9 Å². The van der Waals surface area contributed by atoms with E-state index in [1.807, 2.05) is 29.6 Å². The van der Waals surface area contributed by atoms with Crippen molar-refractivity contribution >= 4 is 28.8 Å². The Bertz CT molecular complexity index is 566. The van der Waals surface area contributed by atoms with Crippen LogP contribution in [0.25, 0.3) is 10.6 Å². The maximum atomic E-state index is 11.9. The summed E-state index contributed by atoms with van der Waals surface area (Å²) in [5.41, 5.74) is 2.48. The number of benzene rings is 1. The Morgan fingerprint density at radius 1 is 1.44 bits per heavy atom. The molecule has 0 fully saturated rings. The van der Waals surface area contributed by atoms with Crippen molar-refractivity contribution in [1.82, 2.24) is 9.88 Å². The van der Waals surface area contributed by atoms with Gasteiger partial charge in [0.25, 0.3) is 5.91 Å². The smallest absolute Gasteiger partial charge is 0.253 e. The molecule has 94 valence electrons. The quantitative estimate of drug-likeness (QED) is 0.809. The summed E-state index contributed by atoms with van der Waals surface area (Å²) in [6, 6.07) is 7.48. The van der Waals surface area contributed by atoms with Gasteiger partial charge in [-0.2, -0.15) is 0 Å². The van der Waals surface area contributed by atoms with Gasteiger partial charge in [0.05, 0.1) is 11.6 Å². The second-order valence-corrected chi connectivity index (χ2v) is 5.18. The van der Waals surface area contributed by atoms with E-state index in [1.165, 1.54) is 11.3 Å². The first-order chi connectivity index (χ1) is 8.61. The fourth-order valence-corrected chi connectivity index (χ4v) is 2.59. The minimum absolute atomic E-state index is 0.00836. The molecule has 1 amide bonds. The van der Waals surface area contributed by atoms with E-state index in [-0.39, 0.29) is 5.91 Å². The Morgan fingerprint density at radius 3 is 2.83 bits per heavy atom. The number of aromatic nitrogens is 1. The van der Waals surface area contributed by atoms with Gasteiger partial charge < -0.3 is 4.90 Å². The fourth-order valence-electron chi connectivity index (χ4n) is 1.54. The molecule has 1 aromatic carbocycles. The molecule has 0 saturated carbocycles. The lowest BCUT2D eigenvalue weighted by atomic mass is 10.1. The Labute approximate surface area is 115 Å². The Kier molecular flexibility index (Phi) is 3.99. The summed E-state index contributed by atoms with van der Waals surface area (Å²) in [7, 11) is 3.48. The van der Waals surface area contributed by atoms with Crippen LogP contribution in [0.15, 0.2) is 29.6 Å². The second kappa shape index (κ2) is 5.50. The van der Waals surface area contributed by atoms with Crippen LogP contribution in [0, 0.1) is 0 Å². The second-order valence-electron chi connectivity index (χ2n) is 4.06. The SMILES string of the molecule is CN(C)C(=O)c1cccc(-c2nc(CCl)cs2)c1. The lowest BCUT2D eigenvalue weighted by molar-refractivity contribution is 0.0827. The summed E-state index contributed by atoms with van der Waals surface area (Å²) in [6.45, 7) is 0. The van der Waals surface area contributed by atoms with Crippen molar-refractivity contribution in [2.75, 3.05) is 14.1 Å². The Hall–Kier alpha value is -1.39. The Balaban J connectivity index is 2.35. The van der Waals surface area contributed by atoms with E-state index in [2.05, 4.69) is 4.98 Å². The average Bonchev–Trinajstić information content (AvgIpc) is 2.86. The van der Waals surface area contributed by atoms with E-state index >= 15 is 0 Å². The molecule has 2 rings (SSSR count). The van der Waals surface area contributed by atoms with Gasteiger partial charge in [-0.15, -0.1) is 22.9 Å². The van der Waals surface area contributed by atoms with Crippen molar-refractivity contribution < 1.29 is 4.79 Å². The van der Waals surface area contributed by atoms with Crippen LogP contribution in [0.5, 0.6) is 0 Å². The molecule has 0 aliphatic carbocycles.